The highest BCUT2D eigenvalue weighted by molar-refractivity contribution is 5.84. The van der Waals surface area contributed by atoms with E-state index < -0.39 is 12.0 Å². The highest BCUT2D eigenvalue weighted by Crippen LogP contribution is 2.42. The van der Waals surface area contributed by atoms with E-state index in [2.05, 4.69) is 0 Å². The Kier molecular flexibility index (Phi) is 3.58. The van der Waals surface area contributed by atoms with E-state index in [9.17, 15) is 14.7 Å². The van der Waals surface area contributed by atoms with Crippen LogP contribution in [0.3, 0.4) is 0 Å². The number of carboxylic acids is 1. The summed E-state index contributed by atoms with van der Waals surface area (Å²) in [5.41, 5.74) is 0. The van der Waals surface area contributed by atoms with Gasteiger partial charge in [-0.15, -0.1) is 0 Å². The predicted molar refractivity (Wildman–Crippen MR) is 71.3 cm³/mol. The third-order valence-electron chi connectivity index (χ3n) is 5.14. The number of rotatable bonds is 2. The molecule has 2 saturated heterocycles. The van der Waals surface area contributed by atoms with Gasteiger partial charge in [-0.2, -0.15) is 0 Å². The quantitative estimate of drug-likeness (QED) is 0.820. The lowest BCUT2D eigenvalue weighted by Gasteiger charge is -2.32. The fourth-order valence-corrected chi connectivity index (χ4v) is 4.01. The second-order valence-electron chi connectivity index (χ2n) is 6.20. The number of carbonyl (C=O) groups is 2. The lowest BCUT2D eigenvalue weighted by Crippen LogP contribution is -2.51. The highest BCUT2D eigenvalue weighted by atomic mass is 16.5. The van der Waals surface area contributed by atoms with Crippen molar-refractivity contribution in [3.63, 3.8) is 0 Å². The number of amides is 2. The molecule has 0 radical (unpaired) electrons. The van der Waals surface area contributed by atoms with E-state index in [0.717, 1.165) is 25.7 Å². The maximum Gasteiger partial charge on any atom is 0.326 e. The zero-order valence-corrected chi connectivity index (χ0v) is 11.8. The normalized spacial score (nSPS) is 36.1. The third kappa shape index (κ3) is 2.16. The molecule has 20 heavy (non-hydrogen) atoms. The van der Waals surface area contributed by atoms with Crippen LogP contribution in [0.2, 0.25) is 0 Å². The molecule has 0 aromatic heterocycles. The zero-order chi connectivity index (χ0) is 14.3. The van der Waals surface area contributed by atoms with E-state index >= 15 is 0 Å². The van der Waals surface area contributed by atoms with E-state index in [1.54, 1.807) is 16.8 Å². The first-order valence-electron chi connectivity index (χ1n) is 7.43. The Morgan fingerprint density at radius 2 is 2.10 bits per heavy atom. The molecule has 6 nitrogen and oxygen atoms in total. The number of fused-ring (bicyclic) bond motifs is 1. The van der Waals surface area contributed by atoms with E-state index in [1.807, 2.05) is 0 Å². The average Bonchev–Trinajstić information content (AvgIpc) is 3.11. The van der Waals surface area contributed by atoms with Crippen molar-refractivity contribution >= 4 is 12.0 Å². The number of hydrogen-bond acceptors (Lipinski definition) is 3. The van der Waals surface area contributed by atoms with Crippen molar-refractivity contribution in [3.8, 4) is 0 Å². The van der Waals surface area contributed by atoms with Crippen LogP contribution >= 0.6 is 0 Å². The Hall–Kier alpha value is -1.30. The van der Waals surface area contributed by atoms with E-state index in [-0.39, 0.29) is 18.0 Å². The standard InChI is InChI=1S/C14H22N2O4/c1-15(10-5-6-20-8-10)14(19)16-7-9-3-2-4-11(9)12(16)13(17)18/h9-12H,2-8H2,1H3,(H,17,18). The number of aliphatic carboxylic acids is 1. The van der Waals surface area contributed by atoms with Gasteiger partial charge >= 0.3 is 12.0 Å². The van der Waals surface area contributed by atoms with Crippen molar-refractivity contribution in [2.45, 2.75) is 37.8 Å². The number of nitrogens with zero attached hydrogens (tertiary/aromatic N) is 2. The van der Waals surface area contributed by atoms with Crippen molar-refractivity contribution in [2.75, 3.05) is 26.8 Å². The summed E-state index contributed by atoms with van der Waals surface area (Å²) in [6, 6.07) is -0.709. The number of likely N-dealkylation sites (N-methyl/N-ethyl adjacent to an activating group) is 1. The highest BCUT2D eigenvalue weighted by Gasteiger charge is 2.50. The molecular weight excluding hydrogens is 260 g/mol. The van der Waals surface area contributed by atoms with Gasteiger partial charge in [-0.05, 0) is 31.1 Å². The summed E-state index contributed by atoms with van der Waals surface area (Å²) in [6.07, 6.45) is 3.91. The SMILES string of the molecule is CN(C(=O)N1CC2CCCC2C1C(=O)O)C1CCOC1. The van der Waals surface area contributed by atoms with Crippen LogP contribution in [0.5, 0.6) is 0 Å². The first-order valence-corrected chi connectivity index (χ1v) is 7.43. The fourth-order valence-electron chi connectivity index (χ4n) is 4.01. The molecule has 1 aliphatic carbocycles. The molecule has 0 spiro atoms. The first-order chi connectivity index (χ1) is 9.59. The summed E-state index contributed by atoms with van der Waals surface area (Å²) < 4.78 is 5.31. The largest absolute Gasteiger partial charge is 0.480 e. The van der Waals surface area contributed by atoms with E-state index in [0.29, 0.717) is 25.7 Å². The molecule has 112 valence electrons. The van der Waals surface area contributed by atoms with E-state index in [1.165, 1.54) is 0 Å². The number of carboxylic acid groups (broad SMARTS) is 1. The fraction of sp³-hybridized carbons (Fsp3) is 0.857. The van der Waals surface area contributed by atoms with Crippen molar-refractivity contribution in [1.82, 2.24) is 9.80 Å². The monoisotopic (exact) mass is 282 g/mol. The van der Waals surface area contributed by atoms with Crippen LogP contribution in [-0.4, -0.2) is 65.8 Å². The molecule has 4 unspecified atom stereocenters. The van der Waals surface area contributed by atoms with Crippen molar-refractivity contribution < 1.29 is 19.4 Å². The van der Waals surface area contributed by atoms with Crippen LogP contribution in [-0.2, 0) is 9.53 Å². The molecule has 3 fully saturated rings. The third-order valence-corrected chi connectivity index (χ3v) is 5.14. The second-order valence-corrected chi connectivity index (χ2v) is 6.20. The maximum atomic E-state index is 12.6. The number of hydrogen-bond donors (Lipinski definition) is 1. The van der Waals surface area contributed by atoms with Crippen molar-refractivity contribution in [3.05, 3.63) is 0 Å². The summed E-state index contributed by atoms with van der Waals surface area (Å²) in [4.78, 5) is 27.4. The predicted octanol–water partition coefficient (Wildman–Crippen LogP) is 1.01. The summed E-state index contributed by atoms with van der Waals surface area (Å²) in [5.74, 6) is -0.346. The van der Waals surface area contributed by atoms with Gasteiger partial charge in [0.15, 0.2) is 0 Å². The van der Waals surface area contributed by atoms with Gasteiger partial charge < -0.3 is 19.6 Å². The number of likely N-dealkylation sites (tertiary alicyclic amines) is 1. The molecule has 6 heteroatoms. The summed E-state index contributed by atoms with van der Waals surface area (Å²) >= 11 is 0. The average molecular weight is 282 g/mol. The van der Waals surface area contributed by atoms with Gasteiger partial charge in [-0.3, -0.25) is 0 Å². The Morgan fingerprint density at radius 3 is 2.75 bits per heavy atom. The number of ether oxygens (including phenoxy) is 1. The molecule has 0 bridgehead atoms. The summed E-state index contributed by atoms with van der Waals surface area (Å²) in [6.45, 7) is 1.83. The van der Waals surface area contributed by atoms with Crippen LogP contribution in [0.15, 0.2) is 0 Å². The molecule has 2 amide bonds. The molecule has 3 aliphatic rings. The molecular formula is C14H22N2O4. The zero-order valence-electron chi connectivity index (χ0n) is 11.8. The van der Waals surface area contributed by atoms with Gasteiger partial charge in [0.1, 0.15) is 6.04 Å². The minimum atomic E-state index is -0.858. The van der Waals surface area contributed by atoms with Gasteiger partial charge in [0.05, 0.1) is 12.6 Å². The van der Waals surface area contributed by atoms with Crippen LogP contribution in [0.1, 0.15) is 25.7 Å². The molecule has 1 N–H and O–H groups in total. The van der Waals surface area contributed by atoms with E-state index in [4.69, 9.17) is 4.74 Å². The maximum absolute atomic E-state index is 12.6. The van der Waals surface area contributed by atoms with Gasteiger partial charge in [0.2, 0.25) is 0 Å². The Balaban J connectivity index is 1.74. The molecule has 2 aliphatic heterocycles. The van der Waals surface area contributed by atoms with Gasteiger partial charge in [0, 0.05) is 20.2 Å². The van der Waals surface area contributed by atoms with Crippen LogP contribution in [0.4, 0.5) is 4.79 Å². The smallest absolute Gasteiger partial charge is 0.326 e. The number of urea groups is 1. The van der Waals surface area contributed by atoms with Crippen LogP contribution in [0, 0.1) is 11.8 Å². The molecule has 3 rings (SSSR count). The minimum Gasteiger partial charge on any atom is -0.480 e. The van der Waals surface area contributed by atoms with Gasteiger partial charge in [-0.1, -0.05) is 6.42 Å². The van der Waals surface area contributed by atoms with Crippen molar-refractivity contribution in [1.29, 1.82) is 0 Å². The molecule has 1 saturated carbocycles. The van der Waals surface area contributed by atoms with Gasteiger partial charge in [-0.25, -0.2) is 9.59 Å². The minimum absolute atomic E-state index is 0.0809. The lowest BCUT2D eigenvalue weighted by molar-refractivity contribution is -0.142. The molecule has 0 aromatic carbocycles. The molecule has 2 heterocycles. The Morgan fingerprint density at radius 1 is 1.30 bits per heavy atom. The Labute approximate surface area is 118 Å². The van der Waals surface area contributed by atoms with Crippen LogP contribution < -0.4 is 0 Å². The summed E-state index contributed by atoms with van der Waals surface area (Å²) in [7, 11) is 1.76. The number of carbonyl (C=O) groups excluding carboxylic acids is 1. The second kappa shape index (κ2) is 5.24. The Bertz CT molecular complexity index is 408. The lowest BCUT2D eigenvalue weighted by atomic mass is 9.94. The first kappa shape index (κ1) is 13.7. The topological polar surface area (TPSA) is 70.1 Å². The van der Waals surface area contributed by atoms with Crippen LogP contribution in [0.25, 0.3) is 0 Å². The molecule has 4 atom stereocenters. The van der Waals surface area contributed by atoms with Crippen molar-refractivity contribution in [2.24, 2.45) is 11.8 Å². The molecule has 0 aromatic rings. The summed E-state index contributed by atoms with van der Waals surface area (Å²) in [5, 5.41) is 9.49. The van der Waals surface area contributed by atoms with Gasteiger partial charge in [0.25, 0.3) is 0 Å².